The van der Waals surface area contributed by atoms with Crippen LogP contribution < -0.4 is 29.6 Å². The van der Waals surface area contributed by atoms with Gasteiger partial charge in [-0.25, -0.2) is 8.42 Å². The third-order valence-corrected chi connectivity index (χ3v) is 2.57. The average Bonchev–Trinajstić information content (AvgIpc) is 1.56. The normalized spacial score (nSPS) is 16.8. The SMILES string of the molecule is CC(C)CC(C)(O)S(=O)(=O)[O-].[Na+]. The van der Waals surface area contributed by atoms with Gasteiger partial charge in [-0.1, -0.05) is 13.8 Å². The van der Waals surface area contributed by atoms with E-state index in [-0.39, 0.29) is 41.9 Å². The average molecular weight is 204 g/mol. The van der Waals surface area contributed by atoms with Gasteiger partial charge in [-0.2, -0.15) is 0 Å². The molecule has 4 nitrogen and oxygen atoms in total. The summed E-state index contributed by atoms with van der Waals surface area (Å²) in [7, 11) is -4.59. The zero-order valence-electron chi connectivity index (χ0n) is 7.86. The molecule has 1 N–H and O–H groups in total. The Morgan fingerprint density at radius 2 is 1.83 bits per heavy atom. The number of hydrogen-bond acceptors (Lipinski definition) is 4. The van der Waals surface area contributed by atoms with E-state index < -0.39 is 15.1 Å². The van der Waals surface area contributed by atoms with Crippen molar-refractivity contribution >= 4 is 10.1 Å². The summed E-state index contributed by atoms with van der Waals surface area (Å²) in [5.74, 6) is -0.0197. The van der Waals surface area contributed by atoms with Gasteiger partial charge >= 0.3 is 29.6 Å². The molecule has 0 spiro atoms. The van der Waals surface area contributed by atoms with Crippen LogP contribution in [0.2, 0.25) is 0 Å². The second-order valence-electron chi connectivity index (χ2n) is 3.23. The van der Waals surface area contributed by atoms with Gasteiger partial charge < -0.3 is 9.66 Å². The number of hydrogen-bond donors (Lipinski definition) is 1. The van der Waals surface area contributed by atoms with Crippen LogP contribution in [0.25, 0.3) is 0 Å². The molecule has 1 unspecified atom stereocenters. The Labute approximate surface area is 95.4 Å². The van der Waals surface area contributed by atoms with E-state index in [1.165, 1.54) is 0 Å². The molecule has 6 heteroatoms. The van der Waals surface area contributed by atoms with Crippen LogP contribution >= 0.6 is 0 Å². The van der Waals surface area contributed by atoms with E-state index in [1.54, 1.807) is 13.8 Å². The molecule has 0 bridgehead atoms. The molecule has 12 heavy (non-hydrogen) atoms. The van der Waals surface area contributed by atoms with Crippen LogP contribution in [0.4, 0.5) is 0 Å². The van der Waals surface area contributed by atoms with Crippen molar-refractivity contribution in [2.75, 3.05) is 0 Å². The van der Waals surface area contributed by atoms with Gasteiger partial charge in [0.2, 0.25) is 0 Å². The molecule has 0 aromatic carbocycles. The summed E-state index contributed by atoms with van der Waals surface area (Å²) in [5, 5.41) is 9.12. The van der Waals surface area contributed by atoms with Crippen LogP contribution in [0.5, 0.6) is 0 Å². The van der Waals surface area contributed by atoms with E-state index in [1.807, 2.05) is 0 Å². The molecule has 0 saturated heterocycles. The van der Waals surface area contributed by atoms with Gasteiger partial charge in [0.25, 0.3) is 0 Å². The van der Waals surface area contributed by atoms with Crippen molar-refractivity contribution in [1.82, 2.24) is 0 Å². The fourth-order valence-electron chi connectivity index (χ4n) is 0.860. The largest absolute Gasteiger partial charge is 1.00 e. The Kier molecular flexibility index (Phi) is 6.30. The van der Waals surface area contributed by atoms with Crippen molar-refractivity contribution in [3.63, 3.8) is 0 Å². The molecule has 0 aliphatic heterocycles. The van der Waals surface area contributed by atoms with Crippen molar-refractivity contribution in [1.29, 1.82) is 0 Å². The Hall–Kier alpha value is 0.870. The van der Waals surface area contributed by atoms with E-state index in [4.69, 9.17) is 5.11 Å². The summed E-state index contributed by atoms with van der Waals surface area (Å²) < 4.78 is 31.1. The van der Waals surface area contributed by atoms with E-state index in [0.717, 1.165) is 6.92 Å². The van der Waals surface area contributed by atoms with Crippen LogP contribution in [-0.4, -0.2) is 23.0 Å². The number of rotatable bonds is 3. The van der Waals surface area contributed by atoms with Gasteiger partial charge in [0.15, 0.2) is 4.93 Å². The second-order valence-corrected chi connectivity index (χ2v) is 5.01. The molecule has 1 atom stereocenters. The van der Waals surface area contributed by atoms with E-state index in [9.17, 15) is 13.0 Å². The molecule has 0 aromatic heterocycles. The first-order valence-electron chi connectivity index (χ1n) is 3.34. The first-order valence-corrected chi connectivity index (χ1v) is 4.75. The maximum absolute atomic E-state index is 10.4. The van der Waals surface area contributed by atoms with Crippen molar-refractivity contribution in [3.8, 4) is 0 Å². The quantitative estimate of drug-likeness (QED) is 0.400. The van der Waals surface area contributed by atoms with Crippen LogP contribution in [0.15, 0.2) is 0 Å². The monoisotopic (exact) mass is 204 g/mol. The van der Waals surface area contributed by atoms with Crippen molar-refractivity contribution in [2.24, 2.45) is 5.92 Å². The Morgan fingerprint density at radius 1 is 1.50 bits per heavy atom. The summed E-state index contributed by atoms with van der Waals surface area (Å²) in [5.41, 5.74) is 0. The third-order valence-electron chi connectivity index (χ3n) is 1.33. The van der Waals surface area contributed by atoms with Crippen molar-refractivity contribution in [3.05, 3.63) is 0 Å². The van der Waals surface area contributed by atoms with Gasteiger partial charge in [-0.3, -0.25) is 0 Å². The van der Waals surface area contributed by atoms with E-state index in [2.05, 4.69) is 0 Å². The molecule has 0 fully saturated rings. The topological polar surface area (TPSA) is 77.4 Å². The fourth-order valence-corrected chi connectivity index (χ4v) is 1.40. The minimum atomic E-state index is -4.59. The maximum atomic E-state index is 10.4. The molecular weight excluding hydrogens is 191 g/mol. The predicted octanol–water partition coefficient (Wildman–Crippen LogP) is -2.71. The summed E-state index contributed by atoms with van der Waals surface area (Å²) in [4.78, 5) is -2.12. The van der Waals surface area contributed by atoms with Crippen LogP contribution in [0.3, 0.4) is 0 Å². The third kappa shape index (κ3) is 4.79. The molecular formula is C6H13NaO4S. The summed E-state index contributed by atoms with van der Waals surface area (Å²) in [6.45, 7) is 4.49. The van der Waals surface area contributed by atoms with Gasteiger partial charge in [0.1, 0.15) is 10.1 Å². The standard InChI is InChI=1S/C6H14O4S.Na/c1-5(2)4-6(3,7)11(8,9)10;/h5,7H,4H2,1-3H3,(H,8,9,10);/q;+1/p-1. The molecule has 0 heterocycles. The first kappa shape index (κ1) is 15.3. The Bertz CT molecular complexity index is 220. The molecule has 0 aliphatic rings. The van der Waals surface area contributed by atoms with Crippen LogP contribution in [0, 0.1) is 5.92 Å². The molecule has 0 amide bonds. The summed E-state index contributed by atoms with van der Waals surface area (Å²) in [6.07, 6.45) is -0.0289. The first-order chi connectivity index (χ1) is 4.67. The molecule has 0 radical (unpaired) electrons. The molecule has 0 rings (SSSR count). The zero-order valence-corrected chi connectivity index (χ0v) is 10.7. The Morgan fingerprint density at radius 3 is 1.92 bits per heavy atom. The fraction of sp³-hybridized carbons (Fsp3) is 1.00. The zero-order chi connectivity index (χ0) is 9.28. The molecule has 0 aromatic rings. The minimum absolute atomic E-state index is 0. The smallest absolute Gasteiger partial charge is 0.746 e. The Balaban J connectivity index is 0. The van der Waals surface area contributed by atoms with Crippen LogP contribution in [-0.2, 0) is 10.1 Å². The predicted molar refractivity (Wildman–Crippen MR) is 39.8 cm³/mol. The van der Waals surface area contributed by atoms with Gasteiger partial charge in [-0.05, 0) is 19.3 Å². The second kappa shape index (κ2) is 4.93. The van der Waals surface area contributed by atoms with Crippen molar-refractivity contribution < 1.29 is 47.6 Å². The minimum Gasteiger partial charge on any atom is -0.746 e. The van der Waals surface area contributed by atoms with Gasteiger partial charge in [0.05, 0.1) is 0 Å². The molecule has 0 saturated carbocycles. The summed E-state index contributed by atoms with van der Waals surface area (Å²) >= 11 is 0. The van der Waals surface area contributed by atoms with E-state index >= 15 is 0 Å². The molecule has 0 aliphatic carbocycles. The summed E-state index contributed by atoms with van der Waals surface area (Å²) in [6, 6.07) is 0. The van der Waals surface area contributed by atoms with Crippen LogP contribution in [0.1, 0.15) is 27.2 Å². The maximum Gasteiger partial charge on any atom is 1.00 e. The van der Waals surface area contributed by atoms with Gasteiger partial charge in [0, 0.05) is 0 Å². The van der Waals surface area contributed by atoms with Crippen molar-refractivity contribution in [2.45, 2.75) is 32.1 Å². The number of aliphatic hydroxyl groups is 1. The molecule has 68 valence electrons. The van der Waals surface area contributed by atoms with E-state index in [0.29, 0.717) is 0 Å². The van der Waals surface area contributed by atoms with Gasteiger partial charge in [-0.15, -0.1) is 0 Å².